The molecule has 0 aliphatic carbocycles. The van der Waals surface area contributed by atoms with Crippen LogP contribution in [0.4, 0.5) is 0 Å². The Hall–Kier alpha value is -0.860. The SMILES string of the molecule is CNCC(O)Cc1c(C)cc(C)cc1C. The second-order valence-corrected chi connectivity index (χ2v) is 4.29. The average Bonchev–Trinajstić information content (AvgIpc) is 2.11. The zero-order chi connectivity index (χ0) is 11.4. The molecule has 0 radical (unpaired) electrons. The van der Waals surface area contributed by atoms with Gasteiger partial charge in [-0.05, 0) is 44.5 Å². The number of aryl methyl sites for hydroxylation is 3. The van der Waals surface area contributed by atoms with Crippen molar-refractivity contribution in [3.8, 4) is 0 Å². The molecule has 1 unspecified atom stereocenters. The molecule has 2 N–H and O–H groups in total. The monoisotopic (exact) mass is 207 g/mol. The van der Waals surface area contributed by atoms with Crippen LogP contribution in [0, 0.1) is 20.8 Å². The summed E-state index contributed by atoms with van der Waals surface area (Å²) in [5, 5.41) is 12.7. The van der Waals surface area contributed by atoms with Crippen molar-refractivity contribution in [1.29, 1.82) is 0 Å². The molecule has 0 heterocycles. The van der Waals surface area contributed by atoms with Gasteiger partial charge < -0.3 is 10.4 Å². The van der Waals surface area contributed by atoms with Crippen LogP contribution in [-0.2, 0) is 6.42 Å². The Kier molecular flexibility index (Phi) is 4.30. The molecule has 0 bridgehead atoms. The molecule has 1 atom stereocenters. The van der Waals surface area contributed by atoms with E-state index in [4.69, 9.17) is 0 Å². The van der Waals surface area contributed by atoms with Crippen LogP contribution in [0.1, 0.15) is 22.3 Å². The second-order valence-electron chi connectivity index (χ2n) is 4.29. The summed E-state index contributed by atoms with van der Waals surface area (Å²) >= 11 is 0. The average molecular weight is 207 g/mol. The summed E-state index contributed by atoms with van der Waals surface area (Å²) in [5.74, 6) is 0. The topological polar surface area (TPSA) is 32.3 Å². The first-order valence-corrected chi connectivity index (χ1v) is 5.44. The predicted octanol–water partition coefficient (Wildman–Crippen LogP) is 1.73. The zero-order valence-electron chi connectivity index (χ0n) is 10.1. The van der Waals surface area contributed by atoms with Gasteiger partial charge in [-0.15, -0.1) is 0 Å². The molecule has 0 aliphatic heterocycles. The predicted molar refractivity (Wildman–Crippen MR) is 64.3 cm³/mol. The van der Waals surface area contributed by atoms with E-state index in [0.29, 0.717) is 6.54 Å². The van der Waals surface area contributed by atoms with Crippen molar-refractivity contribution in [2.24, 2.45) is 0 Å². The van der Waals surface area contributed by atoms with Crippen molar-refractivity contribution in [1.82, 2.24) is 5.32 Å². The normalized spacial score (nSPS) is 12.9. The highest BCUT2D eigenvalue weighted by Gasteiger charge is 2.09. The Labute approximate surface area is 92.3 Å². The molecule has 0 saturated heterocycles. The summed E-state index contributed by atoms with van der Waals surface area (Å²) in [4.78, 5) is 0. The fraction of sp³-hybridized carbons (Fsp3) is 0.538. The lowest BCUT2D eigenvalue weighted by Gasteiger charge is -2.15. The number of rotatable bonds is 4. The zero-order valence-corrected chi connectivity index (χ0v) is 10.1. The van der Waals surface area contributed by atoms with Crippen molar-refractivity contribution in [3.05, 3.63) is 34.4 Å². The fourth-order valence-electron chi connectivity index (χ4n) is 2.08. The molecular formula is C13H21NO. The summed E-state index contributed by atoms with van der Waals surface area (Å²) in [6.07, 6.45) is 0.439. The van der Waals surface area contributed by atoms with Gasteiger partial charge in [-0.3, -0.25) is 0 Å². The Morgan fingerprint density at radius 1 is 1.20 bits per heavy atom. The summed E-state index contributed by atoms with van der Waals surface area (Å²) in [7, 11) is 1.86. The summed E-state index contributed by atoms with van der Waals surface area (Å²) in [6, 6.07) is 4.35. The molecule has 1 rings (SSSR count). The van der Waals surface area contributed by atoms with E-state index in [1.165, 1.54) is 22.3 Å². The lowest BCUT2D eigenvalue weighted by atomic mass is 9.95. The maximum Gasteiger partial charge on any atom is 0.0704 e. The maximum absolute atomic E-state index is 9.76. The molecule has 84 valence electrons. The van der Waals surface area contributed by atoms with E-state index in [2.05, 4.69) is 38.2 Å². The molecule has 15 heavy (non-hydrogen) atoms. The van der Waals surface area contributed by atoms with Gasteiger partial charge in [-0.2, -0.15) is 0 Å². The molecule has 1 aromatic rings. The fourth-order valence-corrected chi connectivity index (χ4v) is 2.08. The van der Waals surface area contributed by atoms with Gasteiger partial charge in [0.25, 0.3) is 0 Å². The second kappa shape index (κ2) is 5.29. The number of benzene rings is 1. The van der Waals surface area contributed by atoms with Crippen LogP contribution < -0.4 is 5.32 Å². The number of aliphatic hydroxyl groups is 1. The first-order valence-electron chi connectivity index (χ1n) is 5.44. The molecular weight excluding hydrogens is 186 g/mol. The first-order chi connectivity index (χ1) is 7.04. The van der Waals surface area contributed by atoms with E-state index in [-0.39, 0.29) is 6.10 Å². The Morgan fingerprint density at radius 3 is 2.20 bits per heavy atom. The molecule has 1 aromatic carbocycles. The minimum atomic E-state index is -0.296. The molecule has 0 aliphatic rings. The third-order valence-corrected chi connectivity index (χ3v) is 2.72. The van der Waals surface area contributed by atoms with Crippen LogP contribution in [0.15, 0.2) is 12.1 Å². The van der Waals surface area contributed by atoms with Crippen LogP contribution in [-0.4, -0.2) is 24.8 Å². The molecule has 2 nitrogen and oxygen atoms in total. The van der Waals surface area contributed by atoms with Gasteiger partial charge >= 0.3 is 0 Å². The lowest BCUT2D eigenvalue weighted by molar-refractivity contribution is 0.174. The number of likely N-dealkylation sites (N-methyl/N-ethyl adjacent to an activating group) is 1. The highest BCUT2D eigenvalue weighted by Crippen LogP contribution is 2.17. The standard InChI is InChI=1S/C13H21NO/c1-9-5-10(2)13(11(3)6-9)7-12(15)8-14-4/h5-6,12,14-15H,7-8H2,1-4H3. The number of aliphatic hydroxyl groups excluding tert-OH is 1. The lowest BCUT2D eigenvalue weighted by Crippen LogP contribution is -2.26. The molecule has 0 fully saturated rings. The smallest absolute Gasteiger partial charge is 0.0704 e. The third kappa shape index (κ3) is 3.33. The van der Waals surface area contributed by atoms with Crippen molar-refractivity contribution < 1.29 is 5.11 Å². The summed E-state index contributed by atoms with van der Waals surface area (Å²) in [5.41, 5.74) is 5.13. The molecule has 0 aromatic heterocycles. The number of nitrogens with one attached hydrogen (secondary N) is 1. The quantitative estimate of drug-likeness (QED) is 0.788. The van der Waals surface area contributed by atoms with Crippen molar-refractivity contribution >= 4 is 0 Å². The molecule has 2 heteroatoms. The van der Waals surface area contributed by atoms with Gasteiger partial charge in [0.2, 0.25) is 0 Å². The Balaban J connectivity index is 2.85. The van der Waals surface area contributed by atoms with E-state index < -0.39 is 0 Å². The van der Waals surface area contributed by atoms with Crippen LogP contribution >= 0.6 is 0 Å². The van der Waals surface area contributed by atoms with Crippen LogP contribution in [0.5, 0.6) is 0 Å². The van der Waals surface area contributed by atoms with E-state index in [0.717, 1.165) is 6.42 Å². The van der Waals surface area contributed by atoms with Gasteiger partial charge in [0, 0.05) is 13.0 Å². The van der Waals surface area contributed by atoms with Gasteiger partial charge in [0.05, 0.1) is 6.10 Å². The van der Waals surface area contributed by atoms with E-state index in [1.807, 2.05) is 7.05 Å². The minimum Gasteiger partial charge on any atom is -0.391 e. The summed E-state index contributed by atoms with van der Waals surface area (Å²) in [6.45, 7) is 6.98. The van der Waals surface area contributed by atoms with Crippen LogP contribution in [0.25, 0.3) is 0 Å². The van der Waals surface area contributed by atoms with Gasteiger partial charge in [-0.1, -0.05) is 17.7 Å². The third-order valence-electron chi connectivity index (χ3n) is 2.72. The number of hydrogen-bond donors (Lipinski definition) is 2. The summed E-state index contributed by atoms with van der Waals surface area (Å²) < 4.78 is 0. The largest absolute Gasteiger partial charge is 0.391 e. The Morgan fingerprint density at radius 2 is 1.73 bits per heavy atom. The van der Waals surface area contributed by atoms with Crippen LogP contribution in [0.2, 0.25) is 0 Å². The highest BCUT2D eigenvalue weighted by atomic mass is 16.3. The van der Waals surface area contributed by atoms with E-state index in [9.17, 15) is 5.11 Å². The van der Waals surface area contributed by atoms with Crippen molar-refractivity contribution in [2.45, 2.75) is 33.3 Å². The molecule has 0 spiro atoms. The van der Waals surface area contributed by atoms with Crippen LogP contribution in [0.3, 0.4) is 0 Å². The molecule has 0 amide bonds. The van der Waals surface area contributed by atoms with Crippen molar-refractivity contribution in [3.63, 3.8) is 0 Å². The maximum atomic E-state index is 9.76. The minimum absolute atomic E-state index is 0.296. The highest BCUT2D eigenvalue weighted by molar-refractivity contribution is 5.37. The van der Waals surface area contributed by atoms with Gasteiger partial charge in [0.15, 0.2) is 0 Å². The van der Waals surface area contributed by atoms with Gasteiger partial charge in [-0.25, -0.2) is 0 Å². The van der Waals surface area contributed by atoms with E-state index in [1.54, 1.807) is 0 Å². The first kappa shape index (κ1) is 12.2. The molecule has 0 saturated carbocycles. The Bertz CT molecular complexity index is 310. The van der Waals surface area contributed by atoms with E-state index >= 15 is 0 Å². The van der Waals surface area contributed by atoms with Crippen molar-refractivity contribution in [2.75, 3.05) is 13.6 Å². The number of hydrogen-bond acceptors (Lipinski definition) is 2. The van der Waals surface area contributed by atoms with Gasteiger partial charge in [0.1, 0.15) is 0 Å².